The summed E-state index contributed by atoms with van der Waals surface area (Å²) in [6.45, 7) is 5.49. The van der Waals surface area contributed by atoms with E-state index in [1.807, 2.05) is 36.0 Å². The summed E-state index contributed by atoms with van der Waals surface area (Å²) >= 11 is 0. The first kappa shape index (κ1) is 25.2. The molecule has 1 aliphatic rings. The van der Waals surface area contributed by atoms with Crippen LogP contribution in [0.4, 0.5) is 4.39 Å². The molecule has 2 aromatic carbocycles. The summed E-state index contributed by atoms with van der Waals surface area (Å²) in [6, 6.07) is 12.7. The Labute approximate surface area is 207 Å². The van der Waals surface area contributed by atoms with Crippen LogP contribution in [0.1, 0.15) is 35.2 Å². The van der Waals surface area contributed by atoms with Crippen molar-refractivity contribution >= 4 is 0 Å². The number of hydrogen-bond donors (Lipinski definition) is 1. The molecular formula is C28H37FN4O2. The molecule has 0 bridgehead atoms. The lowest BCUT2D eigenvalue weighted by Crippen LogP contribution is -2.45. The number of benzene rings is 2. The third kappa shape index (κ3) is 6.21. The number of aryl methyl sites for hydroxylation is 2. The minimum atomic E-state index is -0.197. The Morgan fingerprint density at radius 3 is 2.51 bits per heavy atom. The number of rotatable bonds is 9. The van der Waals surface area contributed by atoms with E-state index in [2.05, 4.69) is 35.1 Å². The van der Waals surface area contributed by atoms with Crippen molar-refractivity contribution in [1.29, 1.82) is 0 Å². The molecule has 1 fully saturated rings. The van der Waals surface area contributed by atoms with Gasteiger partial charge < -0.3 is 9.84 Å². The number of aromatic nitrogens is 2. The van der Waals surface area contributed by atoms with Crippen molar-refractivity contribution in [2.75, 3.05) is 27.2 Å². The van der Waals surface area contributed by atoms with Crippen LogP contribution < -0.4 is 4.74 Å². The van der Waals surface area contributed by atoms with Gasteiger partial charge in [-0.1, -0.05) is 18.2 Å². The quantitative estimate of drug-likeness (QED) is 0.488. The standard InChI is InChI=1S/C28H37FN4O2/c1-20-23(18-32(3)30-20)17-31(2)26(16-21-8-10-24(29)11-9-21)22-12-14-33(15-13-22)19-25-27(34)6-5-7-28(25)35-4/h5-11,18,22,26,34H,12-17,19H2,1-4H3/t26-/m1/s1. The van der Waals surface area contributed by atoms with Gasteiger partial charge >= 0.3 is 0 Å². The number of nitrogens with zero attached hydrogens (tertiary/aromatic N) is 4. The lowest BCUT2D eigenvalue weighted by atomic mass is 9.84. The lowest BCUT2D eigenvalue weighted by molar-refractivity contribution is 0.0945. The molecule has 0 saturated carbocycles. The van der Waals surface area contributed by atoms with Crippen LogP contribution in [0.2, 0.25) is 0 Å². The van der Waals surface area contributed by atoms with Crippen LogP contribution in [-0.2, 0) is 26.6 Å². The number of ether oxygens (including phenoxy) is 1. The van der Waals surface area contributed by atoms with Crippen LogP contribution in [0, 0.1) is 18.7 Å². The number of aromatic hydroxyl groups is 1. The van der Waals surface area contributed by atoms with Crippen LogP contribution in [0.3, 0.4) is 0 Å². The highest BCUT2D eigenvalue weighted by atomic mass is 19.1. The van der Waals surface area contributed by atoms with Crippen molar-refractivity contribution in [1.82, 2.24) is 19.6 Å². The van der Waals surface area contributed by atoms with Crippen molar-refractivity contribution in [2.24, 2.45) is 13.0 Å². The third-order valence-electron chi connectivity index (χ3n) is 7.35. The number of hydrogen-bond acceptors (Lipinski definition) is 5. The molecule has 1 atom stereocenters. The molecule has 4 rings (SSSR count). The highest BCUT2D eigenvalue weighted by Crippen LogP contribution is 2.32. The van der Waals surface area contributed by atoms with Crippen LogP contribution in [0.15, 0.2) is 48.7 Å². The van der Waals surface area contributed by atoms with Gasteiger partial charge in [-0.05, 0) is 82.1 Å². The molecule has 188 valence electrons. The van der Waals surface area contributed by atoms with Crippen LogP contribution >= 0.6 is 0 Å². The van der Waals surface area contributed by atoms with Crippen molar-refractivity contribution in [3.8, 4) is 11.5 Å². The van der Waals surface area contributed by atoms with Gasteiger partial charge in [0.25, 0.3) is 0 Å². The summed E-state index contributed by atoms with van der Waals surface area (Å²) < 4.78 is 20.9. The van der Waals surface area contributed by atoms with Gasteiger partial charge in [-0.3, -0.25) is 14.5 Å². The highest BCUT2D eigenvalue weighted by molar-refractivity contribution is 5.43. The number of likely N-dealkylation sites (tertiary alicyclic amines) is 1. The molecule has 3 aromatic rings. The summed E-state index contributed by atoms with van der Waals surface area (Å²) in [5.74, 6) is 1.34. The van der Waals surface area contributed by atoms with E-state index in [0.29, 0.717) is 18.5 Å². The molecule has 0 spiro atoms. The number of likely N-dealkylation sites (N-methyl/N-ethyl adjacent to an activating group) is 1. The van der Waals surface area contributed by atoms with Crippen LogP contribution in [0.5, 0.6) is 11.5 Å². The molecule has 1 N–H and O–H groups in total. The Balaban J connectivity index is 1.46. The average molecular weight is 481 g/mol. The molecule has 0 unspecified atom stereocenters. The molecule has 0 radical (unpaired) electrons. The minimum absolute atomic E-state index is 0.197. The largest absolute Gasteiger partial charge is 0.507 e. The average Bonchev–Trinajstić information content (AvgIpc) is 3.16. The van der Waals surface area contributed by atoms with E-state index in [-0.39, 0.29) is 11.6 Å². The van der Waals surface area contributed by atoms with Crippen LogP contribution in [0.25, 0.3) is 0 Å². The monoisotopic (exact) mass is 480 g/mol. The van der Waals surface area contributed by atoms with Gasteiger partial charge in [0.15, 0.2) is 0 Å². The summed E-state index contributed by atoms with van der Waals surface area (Å²) in [4.78, 5) is 4.84. The normalized spacial score (nSPS) is 16.1. The smallest absolute Gasteiger partial charge is 0.127 e. The Bertz CT molecular complexity index is 1110. The molecule has 1 aromatic heterocycles. The predicted octanol–water partition coefficient (Wildman–Crippen LogP) is 4.54. The molecule has 7 heteroatoms. The second-order valence-corrected chi connectivity index (χ2v) is 9.80. The zero-order valence-electron chi connectivity index (χ0n) is 21.2. The van der Waals surface area contributed by atoms with Gasteiger partial charge in [-0.2, -0.15) is 5.10 Å². The van der Waals surface area contributed by atoms with E-state index < -0.39 is 0 Å². The zero-order chi connectivity index (χ0) is 24.9. The van der Waals surface area contributed by atoms with Crippen molar-refractivity contribution < 1.29 is 14.2 Å². The molecule has 1 saturated heterocycles. The van der Waals surface area contributed by atoms with E-state index in [0.717, 1.165) is 61.5 Å². The Morgan fingerprint density at radius 2 is 1.89 bits per heavy atom. The van der Waals surface area contributed by atoms with Gasteiger partial charge in [0.1, 0.15) is 17.3 Å². The Morgan fingerprint density at radius 1 is 1.17 bits per heavy atom. The molecule has 0 amide bonds. The molecule has 0 aliphatic carbocycles. The SMILES string of the molecule is COc1cccc(O)c1CN1CCC([C@@H](Cc2ccc(F)cc2)N(C)Cc2cn(C)nc2C)CC1. The zero-order valence-corrected chi connectivity index (χ0v) is 21.2. The fraction of sp³-hybridized carbons (Fsp3) is 0.464. The summed E-state index contributed by atoms with van der Waals surface area (Å²) in [5.41, 5.74) is 4.31. The second-order valence-electron chi connectivity index (χ2n) is 9.80. The number of methoxy groups -OCH3 is 1. The third-order valence-corrected chi connectivity index (χ3v) is 7.35. The van der Waals surface area contributed by atoms with E-state index in [1.54, 1.807) is 25.3 Å². The van der Waals surface area contributed by atoms with Gasteiger partial charge in [0, 0.05) is 43.5 Å². The maximum Gasteiger partial charge on any atom is 0.127 e. The Kier molecular flexibility index (Phi) is 8.08. The maximum atomic E-state index is 13.5. The topological polar surface area (TPSA) is 53.8 Å². The number of phenolic OH excluding ortho intramolecular Hbond substituents is 1. The van der Waals surface area contributed by atoms with Gasteiger partial charge in [-0.25, -0.2) is 4.39 Å². The maximum absolute atomic E-state index is 13.5. The van der Waals surface area contributed by atoms with Crippen molar-refractivity contribution in [3.05, 3.63) is 76.9 Å². The van der Waals surface area contributed by atoms with Crippen molar-refractivity contribution in [3.63, 3.8) is 0 Å². The summed E-state index contributed by atoms with van der Waals surface area (Å²) in [6.07, 6.45) is 5.12. The molecule has 6 nitrogen and oxygen atoms in total. The van der Waals surface area contributed by atoms with Gasteiger partial charge in [0.05, 0.1) is 12.8 Å². The molecule has 35 heavy (non-hydrogen) atoms. The van der Waals surface area contributed by atoms with E-state index in [1.165, 1.54) is 5.56 Å². The number of phenols is 1. The van der Waals surface area contributed by atoms with E-state index >= 15 is 0 Å². The predicted molar refractivity (Wildman–Crippen MR) is 136 cm³/mol. The van der Waals surface area contributed by atoms with E-state index in [9.17, 15) is 9.50 Å². The first-order valence-electron chi connectivity index (χ1n) is 12.3. The Hall–Kier alpha value is -2.90. The fourth-order valence-corrected chi connectivity index (χ4v) is 5.36. The second kappa shape index (κ2) is 11.2. The van der Waals surface area contributed by atoms with Gasteiger partial charge in [-0.15, -0.1) is 0 Å². The molecular weight excluding hydrogens is 443 g/mol. The van der Waals surface area contributed by atoms with Gasteiger partial charge in [0.2, 0.25) is 0 Å². The summed E-state index contributed by atoms with van der Waals surface area (Å²) in [7, 11) is 5.80. The van der Waals surface area contributed by atoms with E-state index in [4.69, 9.17) is 4.74 Å². The first-order chi connectivity index (χ1) is 16.8. The van der Waals surface area contributed by atoms with Crippen LogP contribution in [-0.4, -0.2) is 58.0 Å². The highest BCUT2D eigenvalue weighted by Gasteiger charge is 2.30. The minimum Gasteiger partial charge on any atom is -0.507 e. The van der Waals surface area contributed by atoms with Crippen molar-refractivity contribution in [2.45, 2.75) is 45.3 Å². The summed E-state index contributed by atoms with van der Waals surface area (Å²) in [5, 5.41) is 14.9. The fourth-order valence-electron chi connectivity index (χ4n) is 5.36. The first-order valence-corrected chi connectivity index (χ1v) is 12.3. The molecule has 2 heterocycles. The lowest BCUT2D eigenvalue weighted by Gasteiger charge is -2.40. The molecule has 1 aliphatic heterocycles. The number of piperidine rings is 1. The number of halogens is 1.